The van der Waals surface area contributed by atoms with E-state index in [1.165, 1.54) is 18.9 Å². The van der Waals surface area contributed by atoms with Crippen LogP contribution in [0.15, 0.2) is 41.3 Å². The van der Waals surface area contributed by atoms with E-state index < -0.39 is 0 Å². The molecule has 2 aromatic heterocycles. The van der Waals surface area contributed by atoms with Crippen LogP contribution in [0.25, 0.3) is 0 Å². The zero-order valence-electron chi connectivity index (χ0n) is 14.9. The van der Waals surface area contributed by atoms with E-state index in [-0.39, 0.29) is 17.5 Å². The lowest BCUT2D eigenvalue weighted by molar-refractivity contribution is 0.0729. The van der Waals surface area contributed by atoms with Crippen molar-refractivity contribution in [1.29, 1.82) is 0 Å². The number of carbonyl (C=O) groups is 1. The largest absolute Gasteiger partial charge is 0.330 e. The minimum absolute atomic E-state index is 0.0477. The topological polar surface area (TPSA) is 69.3 Å². The Hall–Kier alpha value is -2.47. The summed E-state index contributed by atoms with van der Waals surface area (Å²) in [4.78, 5) is 35.9. The smallest absolute Gasteiger partial charge is 0.270 e. The highest BCUT2D eigenvalue weighted by Gasteiger charge is 2.31. The fraction of sp³-hybridized carbons (Fsp3) is 0.450. The summed E-state index contributed by atoms with van der Waals surface area (Å²) in [6.45, 7) is 3.87. The van der Waals surface area contributed by atoms with E-state index in [1.807, 2.05) is 17.2 Å². The SMILES string of the molecule is O=C(c1cccc(=O)[nH]1)N1CCC[C@H]1c1ccnc(CN2CCCC2)c1. The molecule has 1 amide bonds. The van der Waals surface area contributed by atoms with Crippen molar-refractivity contribution in [3.05, 3.63) is 63.8 Å². The molecule has 0 aliphatic carbocycles. The quantitative estimate of drug-likeness (QED) is 0.917. The molecule has 0 radical (unpaired) electrons. The minimum atomic E-state index is -0.247. The van der Waals surface area contributed by atoms with Gasteiger partial charge in [0.25, 0.3) is 5.91 Å². The summed E-state index contributed by atoms with van der Waals surface area (Å²) < 4.78 is 0. The van der Waals surface area contributed by atoms with Crippen molar-refractivity contribution in [1.82, 2.24) is 19.8 Å². The van der Waals surface area contributed by atoms with Crippen LogP contribution in [0.1, 0.15) is 53.5 Å². The molecule has 1 atom stereocenters. The number of likely N-dealkylation sites (tertiary alicyclic amines) is 2. The zero-order valence-corrected chi connectivity index (χ0v) is 14.9. The lowest BCUT2D eigenvalue weighted by atomic mass is 10.0. The Morgan fingerprint density at radius 3 is 2.81 bits per heavy atom. The van der Waals surface area contributed by atoms with Crippen molar-refractivity contribution < 1.29 is 4.79 Å². The summed E-state index contributed by atoms with van der Waals surface area (Å²) in [5.74, 6) is -0.108. The molecule has 2 aromatic rings. The standard InChI is InChI=1S/C20H24N4O2/c25-19-7-3-5-17(22-19)20(26)24-12-4-6-18(24)15-8-9-21-16(13-15)14-23-10-1-2-11-23/h3,5,7-9,13,18H,1-2,4,6,10-12,14H2,(H,22,25)/t18-/m0/s1. The molecule has 4 heterocycles. The van der Waals surface area contributed by atoms with Gasteiger partial charge in [-0.15, -0.1) is 0 Å². The van der Waals surface area contributed by atoms with Gasteiger partial charge in [0, 0.05) is 25.4 Å². The number of hydrogen-bond acceptors (Lipinski definition) is 4. The molecule has 1 N–H and O–H groups in total. The van der Waals surface area contributed by atoms with Crippen LogP contribution in [0.5, 0.6) is 0 Å². The Bertz CT molecular complexity index is 841. The molecule has 2 aliphatic rings. The summed E-state index contributed by atoms with van der Waals surface area (Å²) in [7, 11) is 0. The monoisotopic (exact) mass is 352 g/mol. The maximum Gasteiger partial charge on any atom is 0.270 e. The second-order valence-electron chi connectivity index (χ2n) is 7.15. The number of pyridine rings is 2. The number of amides is 1. The van der Waals surface area contributed by atoms with Gasteiger partial charge in [-0.2, -0.15) is 0 Å². The highest BCUT2D eigenvalue weighted by Crippen LogP contribution is 2.33. The number of H-pyrrole nitrogens is 1. The van der Waals surface area contributed by atoms with Crippen molar-refractivity contribution in [3.63, 3.8) is 0 Å². The van der Waals surface area contributed by atoms with Gasteiger partial charge in [0.1, 0.15) is 5.69 Å². The van der Waals surface area contributed by atoms with Crippen LogP contribution in [0.2, 0.25) is 0 Å². The van der Waals surface area contributed by atoms with Crippen LogP contribution in [0, 0.1) is 0 Å². The minimum Gasteiger partial charge on any atom is -0.330 e. The summed E-state index contributed by atoms with van der Waals surface area (Å²) in [6.07, 6.45) is 6.29. The maximum atomic E-state index is 12.9. The average Bonchev–Trinajstić information content (AvgIpc) is 3.33. The lowest BCUT2D eigenvalue weighted by Gasteiger charge is -2.25. The first kappa shape index (κ1) is 17.0. The molecule has 0 aromatic carbocycles. The Balaban J connectivity index is 1.54. The van der Waals surface area contributed by atoms with Crippen LogP contribution in [-0.4, -0.2) is 45.3 Å². The van der Waals surface area contributed by atoms with Crippen LogP contribution >= 0.6 is 0 Å². The third kappa shape index (κ3) is 3.55. The van der Waals surface area contributed by atoms with E-state index in [2.05, 4.69) is 20.9 Å². The Morgan fingerprint density at radius 2 is 2.00 bits per heavy atom. The van der Waals surface area contributed by atoms with Crippen molar-refractivity contribution >= 4 is 5.91 Å². The molecule has 2 fully saturated rings. The van der Waals surface area contributed by atoms with E-state index in [0.29, 0.717) is 12.2 Å². The van der Waals surface area contributed by atoms with Crippen molar-refractivity contribution in [3.8, 4) is 0 Å². The maximum absolute atomic E-state index is 12.9. The molecule has 6 heteroatoms. The molecule has 0 saturated carbocycles. The number of nitrogens with one attached hydrogen (secondary N) is 1. The second kappa shape index (κ2) is 7.41. The number of rotatable bonds is 4. The Morgan fingerprint density at radius 1 is 1.15 bits per heavy atom. The number of aromatic amines is 1. The van der Waals surface area contributed by atoms with Crippen LogP contribution in [0.3, 0.4) is 0 Å². The van der Waals surface area contributed by atoms with Crippen molar-refractivity contribution in [2.45, 2.75) is 38.3 Å². The molecule has 0 bridgehead atoms. The molecular formula is C20H24N4O2. The Labute approximate surface area is 152 Å². The van der Waals surface area contributed by atoms with Crippen LogP contribution in [0.4, 0.5) is 0 Å². The first-order valence-electron chi connectivity index (χ1n) is 9.38. The van der Waals surface area contributed by atoms with Gasteiger partial charge in [-0.1, -0.05) is 6.07 Å². The van der Waals surface area contributed by atoms with Gasteiger partial charge in [-0.3, -0.25) is 19.5 Å². The third-order valence-corrected chi connectivity index (χ3v) is 5.32. The lowest BCUT2D eigenvalue weighted by Crippen LogP contribution is -2.32. The first-order valence-corrected chi connectivity index (χ1v) is 9.38. The highest BCUT2D eigenvalue weighted by atomic mass is 16.2. The number of hydrogen-bond donors (Lipinski definition) is 1. The average molecular weight is 352 g/mol. The second-order valence-corrected chi connectivity index (χ2v) is 7.15. The predicted octanol–water partition coefficient (Wildman–Crippen LogP) is 2.34. The van der Waals surface area contributed by atoms with Gasteiger partial charge in [-0.25, -0.2) is 0 Å². The molecule has 6 nitrogen and oxygen atoms in total. The van der Waals surface area contributed by atoms with Crippen molar-refractivity contribution in [2.24, 2.45) is 0 Å². The van der Waals surface area contributed by atoms with E-state index >= 15 is 0 Å². The van der Waals surface area contributed by atoms with Gasteiger partial charge >= 0.3 is 0 Å². The number of aromatic nitrogens is 2. The van der Waals surface area contributed by atoms with E-state index in [0.717, 1.165) is 43.7 Å². The van der Waals surface area contributed by atoms with Crippen molar-refractivity contribution in [2.75, 3.05) is 19.6 Å². The molecule has 0 unspecified atom stereocenters. The molecule has 136 valence electrons. The number of carbonyl (C=O) groups excluding carboxylic acids is 1. The molecule has 26 heavy (non-hydrogen) atoms. The predicted molar refractivity (Wildman–Crippen MR) is 98.8 cm³/mol. The summed E-state index contributed by atoms with van der Waals surface area (Å²) in [6, 6.07) is 8.92. The normalized spacial score (nSPS) is 20.6. The summed E-state index contributed by atoms with van der Waals surface area (Å²) in [5.41, 5.74) is 2.31. The fourth-order valence-corrected chi connectivity index (χ4v) is 4.04. The third-order valence-electron chi connectivity index (χ3n) is 5.32. The summed E-state index contributed by atoms with van der Waals surface area (Å²) >= 11 is 0. The van der Waals surface area contributed by atoms with E-state index in [4.69, 9.17) is 0 Å². The van der Waals surface area contributed by atoms with Crippen LogP contribution < -0.4 is 5.56 Å². The van der Waals surface area contributed by atoms with Gasteiger partial charge < -0.3 is 9.88 Å². The molecular weight excluding hydrogens is 328 g/mol. The van der Waals surface area contributed by atoms with Gasteiger partial charge in [-0.05, 0) is 62.5 Å². The molecule has 2 aliphatic heterocycles. The van der Waals surface area contributed by atoms with Gasteiger partial charge in [0.2, 0.25) is 5.56 Å². The molecule has 0 spiro atoms. The van der Waals surface area contributed by atoms with E-state index in [9.17, 15) is 9.59 Å². The summed E-state index contributed by atoms with van der Waals surface area (Å²) in [5, 5.41) is 0. The molecule has 2 saturated heterocycles. The van der Waals surface area contributed by atoms with Gasteiger partial charge in [0.05, 0.1) is 11.7 Å². The fourth-order valence-electron chi connectivity index (χ4n) is 4.04. The highest BCUT2D eigenvalue weighted by molar-refractivity contribution is 5.92. The van der Waals surface area contributed by atoms with E-state index in [1.54, 1.807) is 12.1 Å². The zero-order chi connectivity index (χ0) is 17.9. The van der Waals surface area contributed by atoms with Crippen LogP contribution in [-0.2, 0) is 6.54 Å². The first-order chi connectivity index (χ1) is 12.7. The number of nitrogens with zero attached hydrogens (tertiary/aromatic N) is 3. The van der Waals surface area contributed by atoms with Gasteiger partial charge in [0.15, 0.2) is 0 Å². The Kier molecular flexibility index (Phi) is 4.84. The molecule has 4 rings (SSSR count).